The first-order chi connectivity index (χ1) is 14.6. The number of nitrogens with zero attached hydrogens (tertiary/aromatic N) is 4. The summed E-state index contributed by atoms with van der Waals surface area (Å²) in [6.45, 7) is -0.877. The molecule has 1 fully saturated rings. The van der Waals surface area contributed by atoms with Crippen molar-refractivity contribution in [2.24, 2.45) is 0 Å². The van der Waals surface area contributed by atoms with Crippen LogP contribution < -0.4 is 11.5 Å². The normalized spacial score (nSPS) is 27.9. The van der Waals surface area contributed by atoms with Gasteiger partial charge in [-0.3, -0.25) is 9.09 Å². The van der Waals surface area contributed by atoms with E-state index in [2.05, 4.69) is 28.1 Å². The average Bonchev–Trinajstić information content (AvgIpc) is 3.12. The highest BCUT2D eigenvalue weighted by Gasteiger charge is 2.47. The Labute approximate surface area is 181 Å². The molecule has 1 aliphatic heterocycles. The number of phosphoric acid groups is 3. The van der Waals surface area contributed by atoms with Crippen LogP contribution >= 0.6 is 35.2 Å². The number of imidazole rings is 1. The molecule has 6 atom stereocenters. The van der Waals surface area contributed by atoms with Crippen molar-refractivity contribution >= 4 is 58.2 Å². The minimum atomic E-state index is -5.71. The van der Waals surface area contributed by atoms with Gasteiger partial charge < -0.3 is 36.1 Å². The predicted octanol–water partition coefficient (Wildman–Crippen LogP) is -0.353. The van der Waals surface area contributed by atoms with Crippen molar-refractivity contribution in [3.63, 3.8) is 0 Å². The van der Waals surface area contributed by atoms with E-state index in [0.29, 0.717) is 0 Å². The van der Waals surface area contributed by atoms with E-state index in [-0.39, 0.29) is 22.9 Å². The van der Waals surface area contributed by atoms with Gasteiger partial charge in [-0.1, -0.05) is 0 Å². The summed E-state index contributed by atoms with van der Waals surface area (Å²) in [7, 11) is -16.7. The number of aliphatic hydroxyl groups is 1. The molecule has 1 saturated heterocycles. The topological polar surface area (TPSA) is 276 Å². The number of thioether (sulfide) groups is 1. The van der Waals surface area contributed by atoms with Crippen LogP contribution in [0.3, 0.4) is 0 Å². The Morgan fingerprint density at radius 3 is 2.41 bits per heavy atom. The Hall–Kier alpha value is -1.20. The Morgan fingerprint density at radius 2 is 1.78 bits per heavy atom. The van der Waals surface area contributed by atoms with E-state index < -0.39 is 53.0 Å². The van der Waals surface area contributed by atoms with Crippen LogP contribution in [-0.2, 0) is 26.8 Å². The fourth-order valence-corrected chi connectivity index (χ4v) is 7.24. The van der Waals surface area contributed by atoms with Crippen LogP contribution in [0.4, 0.5) is 16.2 Å². The molecular formula is C10H16FN6O11P3S. The molecule has 180 valence electrons. The number of rotatable bonds is 8. The van der Waals surface area contributed by atoms with Crippen molar-refractivity contribution in [3.05, 3.63) is 6.33 Å². The maximum Gasteiger partial charge on any atom is 0.490 e. The molecule has 1 aliphatic rings. The molecule has 0 aliphatic carbocycles. The zero-order valence-electron chi connectivity index (χ0n) is 15.4. The van der Waals surface area contributed by atoms with Gasteiger partial charge in [-0.15, -0.1) is 11.8 Å². The first kappa shape index (κ1) is 25.4. The highest BCUT2D eigenvalue weighted by atomic mass is 32.2. The molecule has 0 spiro atoms. The van der Waals surface area contributed by atoms with Gasteiger partial charge in [-0.25, -0.2) is 23.1 Å². The lowest BCUT2D eigenvalue weighted by atomic mass is 10.1. The first-order valence-electron chi connectivity index (χ1n) is 8.10. The number of halogens is 1. The summed E-state index contributed by atoms with van der Waals surface area (Å²) in [6.07, 6.45) is -2.52. The smallest absolute Gasteiger partial charge is 0.389 e. The zero-order chi connectivity index (χ0) is 24.1. The second-order valence-electron chi connectivity index (χ2n) is 6.18. The van der Waals surface area contributed by atoms with Crippen LogP contribution in [0.25, 0.3) is 11.2 Å². The lowest BCUT2D eigenvalue weighted by Gasteiger charge is -2.18. The van der Waals surface area contributed by atoms with Crippen molar-refractivity contribution in [3.8, 4) is 0 Å². The number of phosphoric ester groups is 1. The van der Waals surface area contributed by atoms with Crippen LogP contribution in [0.15, 0.2) is 6.33 Å². The number of aromatic nitrogens is 4. The van der Waals surface area contributed by atoms with Crippen LogP contribution in [-0.4, -0.2) is 68.3 Å². The summed E-state index contributed by atoms with van der Waals surface area (Å²) in [5, 5.41) is 7.80. The Kier molecular flexibility index (Phi) is 7.04. The number of aliphatic hydroxyl groups excluding tert-OH is 1. The standard InChI is InChI=1S/C10H16FN6O11P3S/c11-4-6(18)3(1-26-30(22,23)28-31(24,25)27-29(19,20)21)32-9(4)17-2-14-5-7(12)15-10(13)16-8(5)17/h2-4,6,9,18H,1H2,(H,22,23)(H,24,25)(H2,19,20,21)(H4,12,13,15,16)/t3-,4-,6-,9-/m1/s1. The molecule has 22 heteroatoms. The van der Waals surface area contributed by atoms with Gasteiger partial charge in [0.15, 0.2) is 17.6 Å². The number of hydrogen-bond donors (Lipinski definition) is 7. The third-order valence-corrected chi connectivity index (χ3v) is 9.18. The molecule has 2 unspecified atom stereocenters. The summed E-state index contributed by atoms with van der Waals surface area (Å²) in [5.74, 6) is -0.269. The quantitative estimate of drug-likeness (QED) is 0.211. The molecule has 2 aromatic rings. The van der Waals surface area contributed by atoms with Gasteiger partial charge in [0.25, 0.3) is 0 Å². The molecule has 0 aromatic carbocycles. The van der Waals surface area contributed by atoms with Gasteiger partial charge in [0, 0.05) is 0 Å². The number of hydrogen-bond acceptors (Lipinski definition) is 13. The summed E-state index contributed by atoms with van der Waals surface area (Å²) < 4.78 is 61.4. The van der Waals surface area contributed by atoms with E-state index in [1.54, 1.807) is 0 Å². The summed E-state index contributed by atoms with van der Waals surface area (Å²) in [4.78, 5) is 47.3. The predicted molar refractivity (Wildman–Crippen MR) is 105 cm³/mol. The van der Waals surface area contributed by atoms with Gasteiger partial charge in [0.2, 0.25) is 5.95 Å². The molecule has 0 radical (unpaired) electrons. The van der Waals surface area contributed by atoms with Gasteiger partial charge in [0.05, 0.1) is 18.2 Å². The molecule has 9 N–H and O–H groups in total. The molecule has 3 heterocycles. The van der Waals surface area contributed by atoms with Crippen molar-refractivity contribution in [2.75, 3.05) is 18.1 Å². The maximum absolute atomic E-state index is 14.8. The van der Waals surface area contributed by atoms with Crippen molar-refractivity contribution in [2.45, 2.75) is 22.9 Å². The second kappa shape index (κ2) is 8.87. The monoisotopic (exact) mass is 540 g/mol. The number of fused-ring (bicyclic) bond motifs is 1. The molecule has 32 heavy (non-hydrogen) atoms. The number of nitrogens with two attached hydrogens (primary N) is 2. The maximum atomic E-state index is 14.8. The van der Waals surface area contributed by atoms with Gasteiger partial charge in [-0.2, -0.15) is 18.6 Å². The third-order valence-electron chi connectivity index (χ3n) is 3.85. The molecular weight excluding hydrogens is 524 g/mol. The Bertz CT molecular complexity index is 1160. The van der Waals surface area contributed by atoms with Crippen LogP contribution in [0.1, 0.15) is 5.37 Å². The van der Waals surface area contributed by atoms with E-state index in [9.17, 15) is 28.1 Å². The summed E-state index contributed by atoms with van der Waals surface area (Å²) >= 11 is 0.736. The molecule has 0 bridgehead atoms. The highest BCUT2D eigenvalue weighted by Crippen LogP contribution is 2.66. The van der Waals surface area contributed by atoms with E-state index in [1.807, 2.05) is 0 Å². The molecule has 0 amide bonds. The fraction of sp³-hybridized carbons (Fsp3) is 0.500. The van der Waals surface area contributed by atoms with E-state index in [4.69, 9.17) is 26.1 Å². The molecule has 17 nitrogen and oxygen atoms in total. The Morgan fingerprint density at radius 1 is 1.12 bits per heavy atom. The van der Waals surface area contributed by atoms with Gasteiger partial charge >= 0.3 is 23.5 Å². The largest absolute Gasteiger partial charge is 0.490 e. The van der Waals surface area contributed by atoms with Crippen molar-refractivity contribution in [1.82, 2.24) is 19.5 Å². The van der Waals surface area contributed by atoms with Crippen molar-refractivity contribution in [1.29, 1.82) is 0 Å². The first-order valence-corrected chi connectivity index (χ1v) is 13.6. The minimum Gasteiger partial charge on any atom is -0.389 e. The zero-order valence-corrected chi connectivity index (χ0v) is 18.9. The highest BCUT2D eigenvalue weighted by molar-refractivity contribution is 8.00. The summed E-state index contributed by atoms with van der Waals surface area (Å²) in [6, 6.07) is 0. The van der Waals surface area contributed by atoms with Crippen LogP contribution in [0.2, 0.25) is 0 Å². The van der Waals surface area contributed by atoms with E-state index in [1.165, 1.54) is 10.9 Å². The number of anilines is 2. The second-order valence-corrected chi connectivity index (χ2v) is 12.0. The SMILES string of the molecule is Nc1nc(N)c2ncn([C@@H]3S[C@H](COP(=O)(O)OP(=O)(O)OP(=O)(O)O)[C@@H](O)[C@H]3F)c2n1. The van der Waals surface area contributed by atoms with Gasteiger partial charge in [-0.05, 0) is 0 Å². The molecule has 2 aromatic heterocycles. The van der Waals surface area contributed by atoms with Gasteiger partial charge in [0.1, 0.15) is 17.0 Å². The lowest BCUT2D eigenvalue weighted by Crippen LogP contribution is -2.30. The molecule has 3 rings (SSSR count). The van der Waals surface area contributed by atoms with E-state index >= 15 is 0 Å². The average molecular weight is 540 g/mol. The number of alkyl halides is 1. The van der Waals surface area contributed by atoms with Crippen LogP contribution in [0, 0.1) is 0 Å². The van der Waals surface area contributed by atoms with Crippen molar-refractivity contribution < 1.29 is 55.9 Å². The number of nitrogen functional groups attached to an aromatic ring is 2. The lowest BCUT2D eigenvalue weighted by molar-refractivity contribution is 0.0625. The van der Waals surface area contributed by atoms with Crippen LogP contribution in [0.5, 0.6) is 0 Å². The minimum absolute atomic E-state index is 0.0607. The fourth-order valence-electron chi connectivity index (χ4n) is 2.68. The molecule has 0 saturated carbocycles. The Balaban J connectivity index is 1.72. The summed E-state index contributed by atoms with van der Waals surface area (Å²) in [5.41, 5.74) is 11.4. The van der Waals surface area contributed by atoms with E-state index in [0.717, 1.165) is 11.8 Å². The third kappa shape index (κ3) is 5.83.